The van der Waals surface area contributed by atoms with Gasteiger partial charge in [-0.3, -0.25) is 0 Å². The summed E-state index contributed by atoms with van der Waals surface area (Å²) in [5, 5.41) is 3.32. The number of rotatable bonds is 4. The molecule has 0 atom stereocenters. The molecule has 2 nitrogen and oxygen atoms in total. The van der Waals surface area contributed by atoms with E-state index in [4.69, 9.17) is 0 Å². The fraction of sp³-hybridized carbons (Fsp3) is 0.538. The van der Waals surface area contributed by atoms with E-state index in [0.717, 1.165) is 12.5 Å². The molecule has 0 aromatic heterocycles. The summed E-state index contributed by atoms with van der Waals surface area (Å²) in [7, 11) is 2.21. The van der Waals surface area contributed by atoms with Crippen LogP contribution in [0.2, 0.25) is 0 Å². The Labute approximate surface area is 106 Å². The van der Waals surface area contributed by atoms with Crippen LogP contribution in [0.25, 0.3) is 0 Å². The Morgan fingerprint density at radius 1 is 1.44 bits per heavy atom. The topological polar surface area (TPSA) is 15.3 Å². The van der Waals surface area contributed by atoms with E-state index in [2.05, 4.69) is 58.3 Å². The van der Waals surface area contributed by atoms with E-state index in [1.54, 1.807) is 0 Å². The quantitative estimate of drug-likeness (QED) is 0.913. The fourth-order valence-electron chi connectivity index (χ4n) is 2.08. The Bertz CT molecular complexity index is 361. The van der Waals surface area contributed by atoms with Crippen LogP contribution in [-0.4, -0.2) is 31.6 Å². The van der Waals surface area contributed by atoms with Crippen LogP contribution in [0.4, 0.5) is 0 Å². The molecule has 0 unspecified atom stereocenters. The van der Waals surface area contributed by atoms with Crippen LogP contribution < -0.4 is 5.32 Å². The minimum absolute atomic E-state index is 0.845. The molecule has 0 spiro atoms. The van der Waals surface area contributed by atoms with Gasteiger partial charge < -0.3 is 10.2 Å². The largest absolute Gasteiger partial charge is 0.316 e. The normalized spacial score (nSPS) is 16.5. The molecule has 0 bridgehead atoms. The molecule has 1 aromatic carbocycles. The summed E-state index contributed by atoms with van der Waals surface area (Å²) < 4.78 is 1.17. The molecular weight excluding hydrogens is 264 g/mol. The highest BCUT2D eigenvalue weighted by molar-refractivity contribution is 9.10. The van der Waals surface area contributed by atoms with Crippen molar-refractivity contribution in [2.45, 2.75) is 13.5 Å². The van der Waals surface area contributed by atoms with E-state index in [1.807, 2.05) is 0 Å². The third kappa shape index (κ3) is 3.06. The van der Waals surface area contributed by atoms with E-state index in [9.17, 15) is 0 Å². The molecule has 1 N–H and O–H groups in total. The first-order valence-electron chi connectivity index (χ1n) is 5.79. The van der Waals surface area contributed by atoms with Crippen molar-refractivity contribution in [2.75, 3.05) is 26.7 Å². The highest BCUT2D eigenvalue weighted by Crippen LogP contribution is 2.18. The lowest BCUT2D eigenvalue weighted by molar-refractivity contribution is 0.218. The molecule has 16 heavy (non-hydrogen) atoms. The summed E-state index contributed by atoms with van der Waals surface area (Å²) in [4.78, 5) is 2.42. The van der Waals surface area contributed by atoms with Crippen LogP contribution in [0.5, 0.6) is 0 Å². The Balaban J connectivity index is 1.93. The van der Waals surface area contributed by atoms with Gasteiger partial charge >= 0.3 is 0 Å². The predicted molar refractivity (Wildman–Crippen MR) is 71.6 cm³/mol. The van der Waals surface area contributed by atoms with E-state index >= 15 is 0 Å². The van der Waals surface area contributed by atoms with Gasteiger partial charge in [-0.15, -0.1) is 0 Å². The van der Waals surface area contributed by atoms with Gasteiger partial charge in [-0.1, -0.05) is 22.0 Å². The van der Waals surface area contributed by atoms with Crippen molar-refractivity contribution in [1.29, 1.82) is 0 Å². The Morgan fingerprint density at radius 2 is 2.19 bits per heavy atom. The summed E-state index contributed by atoms with van der Waals surface area (Å²) in [5.74, 6) is 0.845. The smallest absolute Gasteiger partial charge is 0.0233 e. The van der Waals surface area contributed by atoms with Gasteiger partial charge in [0.25, 0.3) is 0 Å². The van der Waals surface area contributed by atoms with Crippen molar-refractivity contribution in [3.8, 4) is 0 Å². The fourth-order valence-corrected chi connectivity index (χ4v) is 2.49. The predicted octanol–water partition coefficient (Wildman–Crippen LogP) is 2.41. The summed E-state index contributed by atoms with van der Waals surface area (Å²) in [6.07, 6.45) is 0. The third-order valence-electron chi connectivity index (χ3n) is 3.19. The number of halogens is 1. The zero-order chi connectivity index (χ0) is 11.5. The second-order valence-corrected chi connectivity index (χ2v) is 5.71. The Hall–Kier alpha value is -0.380. The van der Waals surface area contributed by atoms with Crippen molar-refractivity contribution in [3.05, 3.63) is 33.8 Å². The van der Waals surface area contributed by atoms with Crippen molar-refractivity contribution >= 4 is 15.9 Å². The lowest BCUT2D eigenvalue weighted by Crippen LogP contribution is -2.47. The Morgan fingerprint density at radius 3 is 2.81 bits per heavy atom. The summed E-state index contributed by atoms with van der Waals surface area (Å²) in [5.41, 5.74) is 2.80. The zero-order valence-corrected chi connectivity index (χ0v) is 11.5. The highest BCUT2D eigenvalue weighted by atomic mass is 79.9. The molecule has 1 aromatic rings. The highest BCUT2D eigenvalue weighted by Gasteiger charge is 2.18. The van der Waals surface area contributed by atoms with Crippen molar-refractivity contribution < 1.29 is 0 Å². The van der Waals surface area contributed by atoms with Crippen LogP contribution >= 0.6 is 15.9 Å². The van der Waals surface area contributed by atoms with E-state index in [-0.39, 0.29) is 0 Å². The van der Waals surface area contributed by atoms with Gasteiger partial charge in [0.15, 0.2) is 0 Å². The summed E-state index contributed by atoms with van der Waals surface area (Å²) in [6.45, 7) is 6.78. The molecule has 1 saturated heterocycles. The van der Waals surface area contributed by atoms with E-state index < -0.39 is 0 Å². The summed E-state index contributed by atoms with van der Waals surface area (Å²) >= 11 is 3.53. The minimum Gasteiger partial charge on any atom is -0.316 e. The molecule has 88 valence electrons. The molecular formula is C13H19BrN2. The molecule has 2 rings (SSSR count). The van der Waals surface area contributed by atoms with Crippen LogP contribution in [0.3, 0.4) is 0 Å². The standard InChI is InChI=1S/C13H19BrN2/c1-10-3-4-13(14)5-12(10)9-16(2)8-11-6-15-7-11/h3-5,11,15H,6-9H2,1-2H3. The number of nitrogens with one attached hydrogen (secondary N) is 1. The van der Waals surface area contributed by atoms with E-state index in [1.165, 1.54) is 35.2 Å². The molecule has 0 amide bonds. The zero-order valence-electron chi connectivity index (χ0n) is 9.96. The number of nitrogens with zero attached hydrogens (tertiary/aromatic N) is 1. The Kier molecular flexibility index (Phi) is 4.00. The second kappa shape index (κ2) is 5.30. The average molecular weight is 283 g/mol. The maximum atomic E-state index is 3.53. The molecule has 1 fully saturated rings. The number of hydrogen-bond acceptors (Lipinski definition) is 2. The monoisotopic (exact) mass is 282 g/mol. The van der Waals surface area contributed by atoms with Gasteiger partial charge in [0.2, 0.25) is 0 Å². The number of aryl methyl sites for hydroxylation is 1. The first-order chi connectivity index (χ1) is 7.65. The van der Waals surface area contributed by atoms with Crippen LogP contribution in [0, 0.1) is 12.8 Å². The van der Waals surface area contributed by atoms with Crippen LogP contribution in [0.15, 0.2) is 22.7 Å². The van der Waals surface area contributed by atoms with Crippen molar-refractivity contribution in [2.24, 2.45) is 5.92 Å². The molecule has 1 aliphatic heterocycles. The first-order valence-corrected chi connectivity index (χ1v) is 6.59. The first kappa shape index (κ1) is 12.1. The SMILES string of the molecule is Cc1ccc(Br)cc1CN(C)CC1CNC1. The van der Waals surface area contributed by atoms with Gasteiger partial charge in [0.05, 0.1) is 0 Å². The maximum absolute atomic E-state index is 3.53. The van der Waals surface area contributed by atoms with Gasteiger partial charge in [-0.25, -0.2) is 0 Å². The van der Waals surface area contributed by atoms with Gasteiger partial charge in [-0.05, 0) is 43.1 Å². The second-order valence-electron chi connectivity index (χ2n) is 4.79. The van der Waals surface area contributed by atoms with Gasteiger partial charge in [0, 0.05) is 30.7 Å². The van der Waals surface area contributed by atoms with Crippen molar-refractivity contribution in [3.63, 3.8) is 0 Å². The van der Waals surface area contributed by atoms with Crippen molar-refractivity contribution in [1.82, 2.24) is 10.2 Å². The lowest BCUT2D eigenvalue weighted by Gasteiger charge is -2.31. The van der Waals surface area contributed by atoms with Crippen LogP contribution in [0.1, 0.15) is 11.1 Å². The maximum Gasteiger partial charge on any atom is 0.0233 e. The lowest BCUT2D eigenvalue weighted by atomic mass is 10.0. The molecule has 0 aliphatic carbocycles. The summed E-state index contributed by atoms with van der Waals surface area (Å²) in [6, 6.07) is 6.51. The molecule has 0 radical (unpaired) electrons. The molecule has 1 aliphatic rings. The van der Waals surface area contributed by atoms with Gasteiger partial charge in [0.1, 0.15) is 0 Å². The molecule has 1 heterocycles. The third-order valence-corrected chi connectivity index (χ3v) is 3.68. The number of benzene rings is 1. The van der Waals surface area contributed by atoms with Crippen LogP contribution in [-0.2, 0) is 6.54 Å². The average Bonchev–Trinajstić information content (AvgIpc) is 2.18. The molecule has 0 saturated carbocycles. The van der Waals surface area contributed by atoms with Gasteiger partial charge in [-0.2, -0.15) is 0 Å². The van der Waals surface area contributed by atoms with E-state index in [0.29, 0.717) is 0 Å². The number of hydrogen-bond donors (Lipinski definition) is 1. The molecule has 3 heteroatoms. The minimum atomic E-state index is 0.845.